The van der Waals surface area contributed by atoms with Crippen LogP contribution in [0.15, 0.2) is 40.8 Å². The van der Waals surface area contributed by atoms with Crippen LogP contribution in [0, 0.1) is 17.8 Å². The molecule has 0 unspecified atom stereocenters. The summed E-state index contributed by atoms with van der Waals surface area (Å²) in [6.07, 6.45) is 7.96. The maximum Gasteiger partial charge on any atom is 0.261 e. The highest BCUT2D eigenvalue weighted by Gasteiger charge is 2.53. The number of furan rings is 1. The zero-order valence-corrected chi connectivity index (χ0v) is 15.3. The zero-order valence-electron chi connectivity index (χ0n) is 15.3. The summed E-state index contributed by atoms with van der Waals surface area (Å²) in [7, 11) is 0. The van der Waals surface area contributed by atoms with E-state index in [2.05, 4.69) is 6.07 Å². The number of imide groups is 1. The number of nitrogens with zero attached hydrogens (tertiary/aromatic N) is 1. The van der Waals surface area contributed by atoms with E-state index < -0.39 is 0 Å². The molecule has 4 bridgehead atoms. The van der Waals surface area contributed by atoms with Crippen molar-refractivity contribution in [2.45, 2.75) is 50.5 Å². The van der Waals surface area contributed by atoms with Crippen LogP contribution in [-0.2, 0) is 12.0 Å². The summed E-state index contributed by atoms with van der Waals surface area (Å²) in [5.41, 5.74) is 1.19. The van der Waals surface area contributed by atoms with E-state index in [4.69, 9.17) is 4.42 Å². The number of benzene rings is 1. The van der Waals surface area contributed by atoms with Crippen molar-refractivity contribution in [3.8, 4) is 0 Å². The molecular weight excluding hydrogens is 338 g/mol. The Labute approximate surface area is 158 Å². The number of carbonyl (C=O) groups excluding carboxylic acids is 2. The molecule has 4 fully saturated rings. The Morgan fingerprint density at radius 2 is 1.41 bits per heavy atom. The first-order valence-corrected chi connectivity index (χ1v) is 10.2. The maximum absolute atomic E-state index is 12.6. The minimum atomic E-state index is -0.219. The Bertz CT molecular complexity index is 886. The minimum absolute atomic E-state index is 0.203. The average Bonchev–Trinajstić information content (AvgIpc) is 3.21. The molecule has 0 radical (unpaired) electrons. The first-order valence-electron chi connectivity index (χ1n) is 10.2. The lowest BCUT2D eigenvalue weighted by Gasteiger charge is -2.55. The molecule has 7 rings (SSSR count). The van der Waals surface area contributed by atoms with Crippen molar-refractivity contribution in [2.24, 2.45) is 17.8 Å². The van der Waals surface area contributed by atoms with Crippen molar-refractivity contribution in [2.75, 3.05) is 0 Å². The molecule has 27 heavy (non-hydrogen) atoms. The number of carbonyl (C=O) groups is 2. The van der Waals surface area contributed by atoms with Gasteiger partial charge in [0.15, 0.2) is 0 Å². The molecule has 5 aliphatic rings. The Balaban J connectivity index is 1.27. The smallest absolute Gasteiger partial charge is 0.261 e. The lowest BCUT2D eigenvalue weighted by Crippen LogP contribution is -2.48. The third-order valence-corrected chi connectivity index (χ3v) is 7.41. The summed E-state index contributed by atoms with van der Waals surface area (Å²) in [4.78, 5) is 26.5. The van der Waals surface area contributed by atoms with Crippen LogP contribution < -0.4 is 0 Å². The van der Waals surface area contributed by atoms with Gasteiger partial charge >= 0.3 is 0 Å². The van der Waals surface area contributed by atoms with Gasteiger partial charge < -0.3 is 4.42 Å². The van der Waals surface area contributed by atoms with Crippen LogP contribution in [0.4, 0.5) is 0 Å². The topological polar surface area (TPSA) is 50.5 Å². The molecule has 0 N–H and O–H groups in total. The third-order valence-electron chi connectivity index (χ3n) is 7.41. The number of fused-ring (bicyclic) bond motifs is 1. The van der Waals surface area contributed by atoms with Crippen molar-refractivity contribution >= 4 is 11.8 Å². The van der Waals surface area contributed by atoms with E-state index in [1.54, 1.807) is 24.3 Å². The lowest BCUT2D eigenvalue weighted by molar-refractivity contribution is -0.0157. The molecule has 1 aromatic heterocycles. The average molecular weight is 361 g/mol. The minimum Gasteiger partial charge on any atom is -0.464 e. The first kappa shape index (κ1) is 15.7. The van der Waals surface area contributed by atoms with Gasteiger partial charge in [-0.25, -0.2) is 0 Å². The van der Waals surface area contributed by atoms with Gasteiger partial charge in [0, 0.05) is 5.41 Å². The van der Waals surface area contributed by atoms with Gasteiger partial charge in [-0.05, 0) is 80.5 Å². The predicted molar refractivity (Wildman–Crippen MR) is 99.2 cm³/mol. The standard InChI is InChI=1S/C23H23NO3/c25-21-18-3-1-2-4-19(18)22(26)24(21)13-17-5-6-20(27-17)23-10-14-7-15(11-23)9-16(8-14)12-23/h1-6,14-16H,7-13H2. The highest BCUT2D eigenvalue weighted by molar-refractivity contribution is 6.21. The van der Waals surface area contributed by atoms with Crippen LogP contribution in [-0.4, -0.2) is 16.7 Å². The number of rotatable bonds is 3. The van der Waals surface area contributed by atoms with Gasteiger partial charge in [0.1, 0.15) is 11.5 Å². The Morgan fingerprint density at radius 1 is 0.852 bits per heavy atom. The van der Waals surface area contributed by atoms with Crippen molar-refractivity contribution in [1.29, 1.82) is 0 Å². The molecule has 0 spiro atoms. The van der Waals surface area contributed by atoms with Crippen LogP contribution in [0.3, 0.4) is 0 Å². The summed E-state index contributed by atoms with van der Waals surface area (Å²) in [6, 6.07) is 11.1. The van der Waals surface area contributed by atoms with Crippen LogP contribution >= 0.6 is 0 Å². The molecule has 2 amide bonds. The summed E-state index contributed by atoms with van der Waals surface area (Å²) < 4.78 is 6.28. The van der Waals surface area contributed by atoms with Crippen LogP contribution in [0.5, 0.6) is 0 Å². The summed E-state index contributed by atoms with van der Waals surface area (Å²) in [6.45, 7) is 0.221. The van der Waals surface area contributed by atoms with Gasteiger partial charge in [-0.2, -0.15) is 0 Å². The van der Waals surface area contributed by atoms with E-state index in [0.29, 0.717) is 11.1 Å². The molecule has 4 aliphatic carbocycles. The van der Waals surface area contributed by atoms with Crippen LogP contribution in [0.2, 0.25) is 0 Å². The molecule has 138 valence electrons. The van der Waals surface area contributed by atoms with Gasteiger partial charge in [0.25, 0.3) is 11.8 Å². The molecule has 1 aliphatic heterocycles. The number of hydrogen-bond donors (Lipinski definition) is 0. The van der Waals surface area contributed by atoms with Gasteiger partial charge in [-0.3, -0.25) is 14.5 Å². The molecule has 1 aromatic carbocycles. The summed E-state index contributed by atoms with van der Waals surface area (Å²) in [5, 5.41) is 0. The van der Waals surface area contributed by atoms with Gasteiger partial charge in [0.2, 0.25) is 0 Å². The van der Waals surface area contributed by atoms with Crippen LogP contribution in [0.1, 0.15) is 70.8 Å². The Hall–Kier alpha value is -2.36. The fourth-order valence-electron chi connectivity index (χ4n) is 6.70. The van der Waals surface area contributed by atoms with E-state index >= 15 is 0 Å². The van der Waals surface area contributed by atoms with Crippen LogP contribution in [0.25, 0.3) is 0 Å². The van der Waals surface area contributed by atoms with Gasteiger partial charge in [0.05, 0.1) is 17.7 Å². The quantitative estimate of drug-likeness (QED) is 0.754. The van der Waals surface area contributed by atoms with Gasteiger partial charge in [-0.1, -0.05) is 12.1 Å². The predicted octanol–water partition coefficient (Wildman–Crippen LogP) is 4.54. The second kappa shape index (κ2) is 5.34. The largest absolute Gasteiger partial charge is 0.464 e. The Kier molecular flexibility index (Phi) is 3.10. The Morgan fingerprint density at radius 3 is 1.96 bits per heavy atom. The molecule has 0 atom stereocenters. The lowest BCUT2D eigenvalue weighted by atomic mass is 9.49. The highest BCUT2D eigenvalue weighted by atomic mass is 16.3. The fraction of sp³-hybridized carbons (Fsp3) is 0.478. The molecule has 0 saturated heterocycles. The van der Waals surface area contributed by atoms with Crippen molar-refractivity contribution in [1.82, 2.24) is 4.90 Å². The van der Waals surface area contributed by atoms with E-state index in [9.17, 15) is 9.59 Å². The van der Waals surface area contributed by atoms with Crippen molar-refractivity contribution in [3.05, 3.63) is 59.0 Å². The monoisotopic (exact) mass is 361 g/mol. The second-order valence-corrected chi connectivity index (χ2v) is 9.21. The van der Waals surface area contributed by atoms with E-state index in [1.807, 2.05) is 6.07 Å². The fourth-order valence-corrected chi connectivity index (χ4v) is 6.70. The summed E-state index contributed by atoms with van der Waals surface area (Å²) >= 11 is 0. The molecular formula is C23H23NO3. The summed E-state index contributed by atoms with van der Waals surface area (Å²) in [5.74, 6) is 3.96. The molecule has 4 nitrogen and oxygen atoms in total. The normalized spacial score (nSPS) is 33.8. The highest BCUT2D eigenvalue weighted by Crippen LogP contribution is 2.60. The zero-order chi connectivity index (χ0) is 18.2. The third kappa shape index (κ3) is 2.22. The molecule has 2 aromatic rings. The molecule has 4 heteroatoms. The SMILES string of the molecule is O=C1c2ccccc2C(=O)N1Cc1ccc(C23CC4CC(CC(C4)C2)C3)o1. The van der Waals surface area contributed by atoms with E-state index in [-0.39, 0.29) is 23.8 Å². The van der Waals surface area contributed by atoms with Gasteiger partial charge in [-0.15, -0.1) is 0 Å². The van der Waals surface area contributed by atoms with E-state index in [0.717, 1.165) is 29.3 Å². The second-order valence-electron chi connectivity index (χ2n) is 9.21. The van der Waals surface area contributed by atoms with Crippen molar-refractivity contribution in [3.63, 3.8) is 0 Å². The first-order chi connectivity index (χ1) is 13.1. The van der Waals surface area contributed by atoms with Crippen molar-refractivity contribution < 1.29 is 14.0 Å². The molecule has 4 saturated carbocycles. The maximum atomic E-state index is 12.6. The van der Waals surface area contributed by atoms with E-state index in [1.165, 1.54) is 43.4 Å². The number of amides is 2. The molecule has 2 heterocycles. The number of hydrogen-bond acceptors (Lipinski definition) is 3.